The summed E-state index contributed by atoms with van der Waals surface area (Å²) in [6.07, 6.45) is 4.10. The minimum atomic E-state index is 0.270. The van der Waals surface area contributed by atoms with Crippen molar-refractivity contribution in [2.24, 2.45) is 11.8 Å². The molecule has 0 heterocycles. The molecule has 2 heteroatoms. The highest BCUT2D eigenvalue weighted by Crippen LogP contribution is 2.31. The van der Waals surface area contributed by atoms with Gasteiger partial charge >= 0.3 is 0 Å². The predicted molar refractivity (Wildman–Crippen MR) is 69.4 cm³/mol. The highest BCUT2D eigenvalue weighted by Gasteiger charge is 2.32. The quantitative estimate of drug-likeness (QED) is 0.818. The molecule has 1 aliphatic carbocycles. The van der Waals surface area contributed by atoms with Gasteiger partial charge in [0, 0.05) is 16.3 Å². The van der Waals surface area contributed by atoms with Gasteiger partial charge in [0.2, 0.25) is 0 Å². The van der Waals surface area contributed by atoms with Gasteiger partial charge in [-0.3, -0.25) is 4.79 Å². The zero-order valence-corrected chi connectivity index (χ0v) is 11.2. The maximum Gasteiger partial charge on any atom is 0.139 e. The second kappa shape index (κ2) is 5.13. The van der Waals surface area contributed by atoms with E-state index in [1.54, 1.807) is 0 Å². The van der Waals surface area contributed by atoms with E-state index in [4.69, 9.17) is 0 Å². The average Bonchev–Trinajstić information content (AvgIpc) is 2.63. The van der Waals surface area contributed by atoms with E-state index in [1.165, 1.54) is 5.56 Å². The zero-order chi connectivity index (χ0) is 11.5. The number of ketones is 1. The van der Waals surface area contributed by atoms with Crippen LogP contribution in [0.5, 0.6) is 0 Å². The number of rotatable bonds is 3. The highest BCUT2D eigenvalue weighted by atomic mass is 79.9. The van der Waals surface area contributed by atoms with Crippen molar-refractivity contribution in [2.45, 2.75) is 32.6 Å². The smallest absolute Gasteiger partial charge is 0.139 e. The number of hydrogen-bond acceptors (Lipinski definition) is 1. The van der Waals surface area contributed by atoms with E-state index in [2.05, 4.69) is 35.0 Å². The molecule has 0 radical (unpaired) electrons. The van der Waals surface area contributed by atoms with Crippen LogP contribution < -0.4 is 0 Å². The van der Waals surface area contributed by atoms with Crippen LogP contribution in [-0.2, 0) is 11.2 Å². The van der Waals surface area contributed by atoms with Gasteiger partial charge < -0.3 is 0 Å². The Morgan fingerprint density at radius 1 is 1.19 bits per heavy atom. The number of carbonyl (C=O) groups excluding carboxylic acids is 1. The minimum Gasteiger partial charge on any atom is -0.299 e. The lowest BCUT2D eigenvalue weighted by Gasteiger charge is -2.09. The van der Waals surface area contributed by atoms with Gasteiger partial charge in [0.1, 0.15) is 5.78 Å². The second-order valence-corrected chi connectivity index (χ2v) is 5.53. The summed E-state index contributed by atoms with van der Waals surface area (Å²) in [4.78, 5) is 12.0. The first-order valence-electron chi connectivity index (χ1n) is 5.99. The molecule has 1 nitrogen and oxygen atoms in total. The number of carbonyl (C=O) groups is 1. The van der Waals surface area contributed by atoms with Gasteiger partial charge in [-0.2, -0.15) is 0 Å². The molecule has 1 aliphatic rings. The van der Waals surface area contributed by atoms with Crippen molar-refractivity contribution in [1.82, 2.24) is 0 Å². The number of hydrogen-bond donors (Lipinski definition) is 0. The summed E-state index contributed by atoms with van der Waals surface area (Å²) in [5.74, 6) is 1.09. The van der Waals surface area contributed by atoms with Crippen molar-refractivity contribution in [3.63, 3.8) is 0 Å². The first-order valence-corrected chi connectivity index (χ1v) is 6.78. The van der Waals surface area contributed by atoms with Crippen LogP contribution >= 0.6 is 15.9 Å². The van der Waals surface area contributed by atoms with Crippen molar-refractivity contribution in [1.29, 1.82) is 0 Å². The molecule has 0 amide bonds. The molecule has 0 saturated heterocycles. The van der Waals surface area contributed by atoms with Crippen LogP contribution in [0.4, 0.5) is 0 Å². The summed E-state index contributed by atoms with van der Waals surface area (Å²) in [5.41, 5.74) is 1.28. The van der Waals surface area contributed by atoms with E-state index in [0.717, 1.165) is 30.2 Å². The van der Waals surface area contributed by atoms with Crippen LogP contribution in [0.15, 0.2) is 28.7 Å². The molecule has 1 fully saturated rings. The van der Waals surface area contributed by atoms with Crippen molar-refractivity contribution >= 4 is 21.7 Å². The maximum absolute atomic E-state index is 12.0. The molecular formula is C14H17BrO. The molecule has 1 aromatic carbocycles. The Balaban J connectivity index is 2.01. The van der Waals surface area contributed by atoms with Crippen molar-refractivity contribution in [3.05, 3.63) is 34.3 Å². The van der Waals surface area contributed by atoms with E-state index >= 15 is 0 Å². The molecule has 1 aromatic rings. The Kier molecular flexibility index (Phi) is 3.80. The molecule has 86 valence electrons. The van der Waals surface area contributed by atoms with Crippen LogP contribution in [0.2, 0.25) is 0 Å². The lowest BCUT2D eigenvalue weighted by Crippen LogP contribution is -2.15. The van der Waals surface area contributed by atoms with Crippen LogP contribution in [-0.4, -0.2) is 5.78 Å². The lowest BCUT2D eigenvalue weighted by atomic mass is 9.95. The van der Waals surface area contributed by atoms with E-state index in [0.29, 0.717) is 11.7 Å². The third-order valence-electron chi connectivity index (χ3n) is 3.56. The topological polar surface area (TPSA) is 17.1 Å². The fourth-order valence-electron chi connectivity index (χ4n) is 2.53. The second-order valence-electron chi connectivity index (χ2n) is 4.61. The Labute approximate surface area is 105 Å². The summed E-state index contributed by atoms with van der Waals surface area (Å²) < 4.78 is 1.10. The van der Waals surface area contributed by atoms with E-state index < -0.39 is 0 Å². The summed E-state index contributed by atoms with van der Waals surface area (Å²) in [6.45, 7) is 2.12. The van der Waals surface area contributed by atoms with Crippen LogP contribution in [0.25, 0.3) is 0 Å². The molecule has 0 bridgehead atoms. The zero-order valence-electron chi connectivity index (χ0n) is 9.58. The van der Waals surface area contributed by atoms with E-state index in [9.17, 15) is 4.79 Å². The Bertz CT molecular complexity index is 369. The van der Waals surface area contributed by atoms with E-state index in [-0.39, 0.29) is 5.92 Å². The summed E-state index contributed by atoms with van der Waals surface area (Å²) in [7, 11) is 0. The molecule has 1 saturated carbocycles. The van der Waals surface area contributed by atoms with Crippen molar-refractivity contribution < 1.29 is 4.79 Å². The van der Waals surface area contributed by atoms with E-state index in [1.807, 2.05) is 12.1 Å². The van der Waals surface area contributed by atoms with Gasteiger partial charge in [-0.15, -0.1) is 0 Å². The fourth-order valence-corrected chi connectivity index (χ4v) is 2.80. The van der Waals surface area contributed by atoms with Gasteiger partial charge in [-0.25, -0.2) is 0 Å². The Morgan fingerprint density at radius 3 is 2.38 bits per heavy atom. The average molecular weight is 281 g/mol. The maximum atomic E-state index is 12.0. The van der Waals surface area contributed by atoms with Gasteiger partial charge in [-0.05, 0) is 43.4 Å². The predicted octanol–water partition coefficient (Wildman–Crippen LogP) is 4.00. The summed E-state index contributed by atoms with van der Waals surface area (Å²) in [6, 6.07) is 8.31. The minimum absolute atomic E-state index is 0.270. The van der Waals surface area contributed by atoms with Gasteiger partial charge in [0.05, 0.1) is 0 Å². The van der Waals surface area contributed by atoms with Gasteiger partial charge in [0.25, 0.3) is 0 Å². The van der Waals surface area contributed by atoms with Gasteiger partial charge in [0.15, 0.2) is 0 Å². The fraction of sp³-hybridized carbons (Fsp3) is 0.500. The molecule has 2 rings (SSSR count). The monoisotopic (exact) mass is 280 g/mol. The molecule has 0 spiro atoms. The molecular weight excluding hydrogens is 264 g/mol. The van der Waals surface area contributed by atoms with Crippen LogP contribution in [0.1, 0.15) is 31.7 Å². The molecule has 2 unspecified atom stereocenters. The van der Waals surface area contributed by atoms with Crippen molar-refractivity contribution in [2.75, 3.05) is 0 Å². The van der Waals surface area contributed by atoms with Crippen molar-refractivity contribution in [3.8, 4) is 0 Å². The van der Waals surface area contributed by atoms with Gasteiger partial charge in [-0.1, -0.05) is 35.0 Å². The first-order chi connectivity index (χ1) is 7.70. The number of halogens is 1. The first kappa shape index (κ1) is 11.8. The Morgan fingerprint density at radius 2 is 1.81 bits per heavy atom. The lowest BCUT2D eigenvalue weighted by molar-refractivity contribution is -0.123. The Hall–Kier alpha value is -0.630. The molecule has 0 aromatic heterocycles. The number of Topliss-reactive ketones (excluding diaryl/α,β-unsaturated/α-hetero) is 1. The molecule has 16 heavy (non-hydrogen) atoms. The molecule has 0 aliphatic heterocycles. The standard InChI is InChI=1S/C14H17BrO/c1-2-11-5-6-12(14(11)16)9-10-3-7-13(15)8-4-10/h3-4,7-8,11-12H,2,5-6,9H2,1H3. The summed E-state index contributed by atoms with van der Waals surface area (Å²) >= 11 is 3.42. The third-order valence-corrected chi connectivity index (χ3v) is 4.09. The normalized spacial score (nSPS) is 25.0. The largest absolute Gasteiger partial charge is 0.299 e. The molecule has 0 N–H and O–H groups in total. The SMILES string of the molecule is CCC1CCC(Cc2ccc(Br)cc2)C1=O. The highest BCUT2D eigenvalue weighted by molar-refractivity contribution is 9.10. The molecule has 2 atom stereocenters. The number of benzene rings is 1. The third kappa shape index (κ3) is 2.54. The van der Waals surface area contributed by atoms with Crippen LogP contribution in [0, 0.1) is 11.8 Å². The summed E-state index contributed by atoms with van der Waals surface area (Å²) in [5, 5.41) is 0. The van der Waals surface area contributed by atoms with Crippen LogP contribution in [0.3, 0.4) is 0 Å².